The summed E-state index contributed by atoms with van der Waals surface area (Å²) in [5.74, 6) is -2.46. The molecule has 0 spiro atoms. The first-order valence-electron chi connectivity index (χ1n) is 7.24. The predicted octanol–water partition coefficient (Wildman–Crippen LogP) is 2.58. The first kappa shape index (κ1) is 17.7. The maximum absolute atomic E-state index is 13.9. The molecule has 1 aliphatic carbocycles. The summed E-state index contributed by atoms with van der Waals surface area (Å²) in [6.07, 6.45) is 0.229. The molecule has 3 unspecified atom stereocenters. The van der Waals surface area contributed by atoms with Gasteiger partial charge in [-0.3, -0.25) is 9.59 Å². The van der Waals surface area contributed by atoms with Gasteiger partial charge in [-0.05, 0) is 25.5 Å². The van der Waals surface area contributed by atoms with E-state index in [1.165, 1.54) is 19.2 Å². The Balaban J connectivity index is 2.06. The van der Waals surface area contributed by atoms with Crippen LogP contribution >= 0.6 is 11.6 Å². The molecule has 1 fully saturated rings. The fourth-order valence-electron chi connectivity index (χ4n) is 2.84. The van der Waals surface area contributed by atoms with Crippen molar-refractivity contribution >= 4 is 23.5 Å². The summed E-state index contributed by atoms with van der Waals surface area (Å²) in [7, 11) is 1.44. The SMILES string of the molecule is COCC(C)(CC(=O)O)NC(=O)C1CC1c1c(F)cccc1Cl. The van der Waals surface area contributed by atoms with Gasteiger partial charge in [0.1, 0.15) is 5.82 Å². The zero-order valence-electron chi connectivity index (χ0n) is 12.9. The van der Waals surface area contributed by atoms with Crippen LogP contribution in [0.3, 0.4) is 0 Å². The number of halogens is 2. The standard InChI is InChI=1S/C16H19ClFNO4/c1-16(8-23-2,7-13(20)21)19-15(22)10-6-9(10)14-11(17)4-3-5-12(14)18/h3-5,9-10H,6-8H2,1-2H3,(H,19,22)(H,20,21). The topological polar surface area (TPSA) is 75.6 Å². The minimum Gasteiger partial charge on any atom is -0.481 e. The molecule has 2 N–H and O–H groups in total. The fraction of sp³-hybridized carbons (Fsp3) is 0.500. The molecule has 0 aliphatic heterocycles. The van der Waals surface area contributed by atoms with Crippen LogP contribution in [0.4, 0.5) is 4.39 Å². The van der Waals surface area contributed by atoms with Crippen LogP contribution in [0, 0.1) is 11.7 Å². The van der Waals surface area contributed by atoms with E-state index >= 15 is 0 Å². The van der Waals surface area contributed by atoms with Gasteiger partial charge in [0.15, 0.2) is 0 Å². The molecule has 0 radical (unpaired) electrons. The monoisotopic (exact) mass is 343 g/mol. The summed E-state index contributed by atoms with van der Waals surface area (Å²) in [5, 5.41) is 12.0. The maximum Gasteiger partial charge on any atom is 0.305 e. The number of carbonyl (C=O) groups excluding carboxylic acids is 1. The second-order valence-electron chi connectivity index (χ2n) is 6.14. The van der Waals surface area contributed by atoms with Crippen LogP contribution in [0.1, 0.15) is 31.2 Å². The zero-order valence-corrected chi connectivity index (χ0v) is 13.7. The number of ether oxygens (including phenoxy) is 1. The van der Waals surface area contributed by atoms with Gasteiger partial charge in [-0.2, -0.15) is 0 Å². The number of rotatable bonds is 7. The van der Waals surface area contributed by atoms with Crippen LogP contribution in [0.25, 0.3) is 0 Å². The Kier molecular flexibility index (Phi) is 5.26. The van der Waals surface area contributed by atoms with Crippen molar-refractivity contribution in [1.82, 2.24) is 5.32 Å². The van der Waals surface area contributed by atoms with Gasteiger partial charge in [0.25, 0.3) is 0 Å². The third-order valence-electron chi connectivity index (χ3n) is 3.93. The van der Waals surface area contributed by atoms with E-state index in [-0.39, 0.29) is 24.9 Å². The van der Waals surface area contributed by atoms with E-state index < -0.39 is 23.2 Å². The third kappa shape index (κ3) is 4.20. The number of nitrogens with one attached hydrogen (secondary N) is 1. The average Bonchev–Trinajstić information content (AvgIpc) is 3.17. The molecule has 1 aromatic carbocycles. The van der Waals surface area contributed by atoms with Crippen LogP contribution in [0.5, 0.6) is 0 Å². The molecule has 23 heavy (non-hydrogen) atoms. The first-order valence-corrected chi connectivity index (χ1v) is 7.62. The number of amides is 1. The maximum atomic E-state index is 13.9. The molecule has 1 aliphatic rings. The third-order valence-corrected chi connectivity index (χ3v) is 4.26. The summed E-state index contributed by atoms with van der Waals surface area (Å²) < 4.78 is 18.9. The Morgan fingerprint density at radius 2 is 2.22 bits per heavy atom. The second kappa shape index (κ2) is 6.84. The van der Waals surface area contributed by atoms with Crippen molar-refractivity contribution in [3.63, 3.8) is 0 Å². The van der Waals surface area contributed by atoms with Crippen LogP contribution in [-0.2, 0) is 14.3 Å². The van der Waals surface area contributed by atoms with E-state index in [1.54, 1.807) is 13.0 Å². The van der Waals surface area contributed by atoms with E-state index in [4.69, 9.17) is 21.4 Å². The van der Waals surface area contributed by atoms with Gasteiger partial charge in [0.05, 0.1) is 18.6 Å². The van der Waals surface area contributed by atoms with Gasteiger partial charge < -0.3 is 15.2 Å². The van der Waals surface area contributed by atoms with Crippen molar-refractivity contribution in [2.24, 2.45) is 5.92 Å². The zero-order chi connectivity index (χ0) is 17.2. The van der Waals surface area contributed by atoms with Crippen LogP contribution < -0.4 is 5.32 Å². The highest BCUT2D eigenvalue weighted by atomic mass is 35.5. The van der Waals surface area contributed by atoms with Gasteiger partial charge in [-0.15, -0.1) is 0 Å². The predicted molar refractivity (Wildman–Crippen MR) is 82.9 cm³/mol. The lowest BCUT2D eigenvalue weighted by Gasteiger charge is -2.28. The lowest BCUT2D eigenvalue weighted by atomic mass is 9.98. The van der Waals surface area contributed by atoms with Crippen molar-refractivity contribution in [3.05, 3.63) is 34.6 Å². The summed E-state index contributed by atoms with van der Waals surface area (Å²) in [5.41, 5.74) is -0.662. The molecular weight excluding hydrogens is 325 g/mol. The number of aliphatic carboxylic acids is 1. The summed E-state index contributed by atoms with van der Waals surface area (Å²) in [6.45, 7) is 1.68. The number of methoxy groups -OCH3 is 1. The van der Waals surface area contributed by atoms with Gasteiger partial charge in [-0.1, -0.05) is 17.7 Å². The van der Waals surface area contributed by atoms with E-state index in [0.29, 0.717) is 17.0 Å². The normalized spacial score (nSPS) is 22.3. The minimum absolute atomic E-state index is 0.0723. The van der Waals surface area contributed by atoms with Crippen molar-refractivity contribution in [3.8, 4) is 0 Å². The van der Waals surface area contributed by atoms with E-state index in [2.05, 4.69) is 5.32 Å². The van der Waals surface area contributed by atoms with Gasteiger partial charge >= 0.3 is 5.97 Å². The molecule has 7 heteroatoms. The molecule has 5 nitrogen and oxygen atoms in total. The summed E-state index contributed by atoms with van der Waals surface area (Å²) in [4.78, 5) is 23.3. The van der Waals surface area contributed by atoms with Crippen molar-refractivity contribution in [1.29, 1.82) is 0 Å². The highest BCUT2D eigenvalue weighted by Gasteiger charge is 2.47. The largest absolute Gasteiger partial charge is 0.481 e. The second-order valence-corrected chi connectivity index (χ2v) is 6.54. The molecule has 0 bridgehead atoms. The van der Waals surface area contributed by atoms with Gasteiger partial charge in [-0.25, -0.2) is 4.39 Å². The van der Waals surface area contributed by atoms with E-state index in [1.807, 2.05) is 0 Å². The van der Waals surface area contributed by atoms with Crippen molar-refractivity contribution in [2.45, 2.75) is 31.2 Å². The number of hydrogen-bond donors (Lipinski definition) is 2. The molecule has 3 atom stereocenters. The Labute approximate surface area is 138 Å². The summed E-state index contributed by atoms with van der Waals surface area (Å²) in [6, 6.07) is 4.42. The Morgan fingerprint density at radius 3 is 2.78 bits per heavy atom. The number of hydrogen-bond acceptors (Lipinski definition) is 3. The number of carboxylic acids is 1. The smallest absolute Gasteiger partial charge is 0.305 e. The Morgan fingerprint density at radius 1 is 1.52 bits per heavy atom. The highest BCUT2D eigenvalue weighted by Crippen LogP contribution is 2.50. The molecule has 1 saturated carbocycles. The van der Waals surface area contributed by atoms with Crippen LogP contribution in [-0.4, -0.2) is 36.2 Å². The minimum atomic E-state index is -1.03. The molecule has 1 aromatic rings. The first-order chi connectivity index (χ1) is 10.8. The van der Waals surface area contributed by atoms with Gasteiger partial charge in [0.2, 0.25) is 5.91 Å². The molecule has 0 heterocycles. The fourth-order valence-corrected chi connectivity index (χ4v) is 3.15. The lowest BCUT2D eigenvalue weighted by molar-refractivity contribution is -0.139. The van der Waals surface area contributed by atoms with Crippen LogP contribution in [0.15, 0.2) is 18.2 Å². The van der Waals surface area contributed by atoms with E-state index in [9.17, 15) is 14.0 Å². The Bertz CT molecular complexity index is 604. The number of benzene rings is 1. The Hall–Kier alpha value is -1.66. The molecule has 1 amide bonds. The molecule has 0 saturated heterocycles. The quantitative estimate of drug-likeness (QED) is 0.798. The molecule has 0 aromatic heterocycles. The van der Waals surface area contributed by atoms with Crippen LogP contribution in [0.2, 0.25) is 5.02 Å². The molecular formula is C16H19ClFNO4. The number of carbonyl (C=O) groups is 2. The van der Waals surface area contributed by atoms with Crippen molar-refractivity contribution < 1.29 is 23.8 Å². The number of carboxylic acid groups (broad SMARTS) is 1. The van der Waals surface area contributed by atoms with Gasteiger partial charge in [0, 0.05) is 29.5 Å². The van der Waals surface area contributed by atoms with Crippen molar-refractivity contribution in [2.75, 3.05) is 13.7 Å². The molecule has 126 valence electrons. The average molecular weight is 344 g/mol. The van der Waals surface area contributed by atoms with E-state index in [0.717, 1.165) is 0 Å². The highest BCUT2D eigenvalue weighted by molar-refractivity contribution is 6.31. The lowest BCUT2D eigenvalue weighted by Crippen LogP contribution is -2.51. The summed E-state index contributed by atoms with van der Waals surface area (Å²) >= 11 is 6.02. The molecule has 2 rings (SSSR count).